The fraction of sp³-hybridized carbons (Fsp3) is 0.0741. The van der Waals surface area contributed by atoms with Crippen LogP contribution in [0.4, 0.5) is 0 Å². The predicted molar refractivity (Wildman–Crippen MR) is 125 cm³/mol. The summed E-state index contributed by atoms with van der Waals surface area (Å²) in [7, 11) is 0. The van der Waals surface area contributed by atoms with E-state index in [4.69, 9.17) is 4.74 Å². The molecular weight excluding hydrogens is 400 g/mol. The zero-order valence-electron chi connectivity index (χ0n) is 17.3. The minimum Gasteiger partial charge on any atom is -0.461 e. The second-order valence-corrected chi connectivity index (χ2v) is 7.54. The number of aromatic nitrogens is 2. The SMILES string of the molecule is O=C(Cc1cc2ccccc2c(=O)n1-c1cccc2cccnc12)OCc1ccccc1. The van der Waals surface area contributed by atoms with E-state index in [1.807, 2.05) is 84.9 Å². The molecule has 156 valence electrons. The van der Waals surface area contributed by atoms with Crippen molar-refractivity contribution in [3.8, 4) is 5.69 Å². The van der Waals surface area contributed by atoms with Crippen LogP contribution in [0.5, 0.6) is 0 Å². The maximum Gasteiger partial charge on any atom is 0.312 e. The van der Waals surface area contributed by atoms with Gasteiger partial charge in [-0.05, 0) is 35.2 Å². The van der Waals surface area contributed by atoms with E-state index in [9.17, 15) is 9.59 Å². The van der Waals surface area contributed by atoms with Crippen LogP contribution in [0.15, 0.2) is 102 Å². The van der Waals surface area contributed by atoms with Crippen molar-refractivity contribution in [1.29, 1.82) is 0 Å². The van der Waals surface area contributed by atoms with Crippen LogP contribution in [0.2, 0.25) is 0 Å². The summed E-state index contributed by atoms with van der Waals surface area (Å²) in [4.78, 5) is 30.8. The van der Waals surface area contributed by atoms with Gasteiger partial charge in [0.2, 0.25) is 0 Å². The maximum absolute atomic E-state index is 13.5. The third kappa shape index (κ3) is 3.76. The number of fused-ring (bicyclic) bond motifs is 2. The van der Waals surface area contributed by atoms with Gasteiger partial charge >= 0.3 is 5.97 Å². The molecule has 0 radical (unpaired) electrons. The zero-order chi connectivity index (χ0) is 21.9. The van der Waals surface area contributed by atoms with Gasteiger partial charge in [0.1, 0.15) is 6.61 Å². The minimum absolute atomic E-state index is 0.0316. The summed E-state index contributed by atoms with van der Waals surface area (Å²) in [6, 6.07) is 28.3. The van der Waals surface area contributed by atoms with Gasteiger partial charge in [0.25, 0.3) is 5.56 Å². The maximum atomic E-state index is 13.5. The van der Waals surface area contributed by atoms with E-state index < -0.39 is 5.97 Å². The summed E-state index contributed by atoms with van der Waals surface area (Å²) in [6.45, 7) is 0.188. The summed E-state index contributed by atoms with van der Waals surface area (Å²) in [5.41, 5.74) is 2.63. The molecule has 0 fully saturated rings. The van der Waals surface area contributed by atoms with Crippen LogP contribution in [-0.2, 0) is 22.6 Å². The zero-order valence-corrected chi connectivity index (χ0v) is 17.3. The number of pyridine rings is 2. The number of rotatable bonds is 5. The van der Waals surface area contributed by atoms with E-state index in [0.29, 0.717) is 22.3 Å². The van der Waals surface area contributed by atoms with Crippen molar-refractivity contribution in [1.82, 2.24) is 9.55 Å². The van der Waals surface area contributed by atoms with Crippen LogP contribution >= 0.6 is 0 Å². The Kier molecular flexibility index (Phi) is 5.22. The van der Waals surface area contributed by atoms with Gasteiger partial charge in [-0.1, -0.05) is 66.7 Å². The molecule has 5 aromatic rings. The van der Waals surface area contributed by atoms with Crippen molar-refractivity contribution in [2.75, 3.05) is 0 Å². The third-order valence-electron chi connectivity index (χ3n) is 5.42. The van der Waals surface area contributed by atoms with E-state index in [-0.39, 0.29) is 18.6 Å². The van der Waals surface area contributed by atoms with Gasteiger partial charge in [0, 0.05) is 22.7 Å². The Hall–Kier alpha value is -4.25. The highest BCUT2D eigenvalue weighted by atomic mass is 16.5. The van der Waals surface area contributed by atoms with Crippen LogP contribution < -0.4 is 5.56 Å². The fourth-order valence-electron chi connectivity index (χ4n) is 3.91. The molecule has 0 atom stereocenters. The van der Waals surface area contributed by atoms with Crippen molar-refractivity contribution in [3.63, 3.8) is 0 Å². The average Bonchev–Trinajstić information content (AvgIpc) is 2.83. The lowest BCUT2D eigenvalue weighted by molar-refractivity contribution is -0.144. The van der Waals surface area contributed by atoms with Crippen LogP contribution in [0.25, 0.3) is 27.4 Å². The number of hydrogen-bond donors (Lipinski definition) is 0. The van der Waals surface area contributed by atoms with Gasteiger partial charge < -0.3 is 4.74 Å². The summed E-state index contributed by atoms with van der Waals surface area (Å²) >= 11 is 0. The molecule has 0 aliphatic carbocycles. The van der Waals surface area contributed by atoms with Crippen molar-refractivity contribution in [3.05, 3.63) is 119 Å². The van der Waals surface area contributed by atoms with E-state index >= 15 is 0 Å². The molecule has 0 saturated heterocycles. The lowest BCUT2D eigenvalue weighted by Gasteiger charge is -2.16. The second-order valence-electron chi connectivity index (χ2n) is 7.54. The van der Waals surface area contributed by atoms with E-state index in [1.54, 1.807) is 16.8 Å². The van der Waals surface area contributed by atoms with Crippen LogP contribution in [-0.4, -0.2) is 15.5 Å². The van der Waals surface area contributed by atoms with Crippen molar-refractivity contribution < 1.29 is 9.53 Å². The molecule has 5 nitrogen and oxygen atoms in total. The Labute approximate surface area is 184 Å². The van der Waals surface area contributed by atoms with Gasteiger partial charge in [-0.2, -0.15) is 0 Å². The number of carbonyl (C=O) groups excluding carboxylic acids is 1. The standard InChI is InChI=1S/C27H20N2O3/c30-25(32-18-19-8-2-1-3-9-19)17-22-16-21-10-4-5-13-23(21)27(31)29(22)24-14-6-11-20-12-7-15-28-26(20)24/h1-16H,17-18H2. The minimum atomic E-state index is -0.398. The lowest BCUT2D eigenvalue weighted by atomic mass is 10.1. The predicted octanol–water partition coefficient (Wildman–Crippen LogP) is 4.82. The van der Waals surface area contributed by atoms with Gasteiger partial charge in [-0.15, -0.1) is 0 Å². The summed E-state index contributed by atoms with van der Waals surface area (Å²) in [5, 5.41) is 2.29. The highest BCUT2D eigenvalue weighted by molar-refractivity contribution is 5.89. The average molecular weight is 420 g/mol. The molecule has 32 heavy (non-hydrogen) atoms. The van der Waals surface area contributed by atoms with E-state index in [1.165, 1.54) is 0 Å². The van der Waals surface area contributed by atoms with Crippen LogP contribution in [0, 0.1) is 0 Å². The molecule has 0 amide bonds. The normalized spacial score (nSPS) is 11.0. The monoisotopic (exact) mass is 420 g/mol. The molecule has 0 aliphatic rings. The second kappa shape index (κ2) is 8.47. The summed E-state index contributed by atoms with van der Waals surface area (Å²) in [6.07, 6.45) is 1.67. The molecule has 0 bridgehead atoms. The topological polar surface area (TPSA) is 61.2 Å². The largest absolute Gasteiger partial charge is 0.461 e. The Morgan fingerprint density at radius 1 is 0.844 bits per heavy atom. The molecule has 0 saturated carbocycles. The molecule has 0 aliphatic heterocycles. The summed E-state index contributed by atoms with van der Waals surface area (Å²) < 4.78 is 7.08. The first-order valence-corrected chi connectivity index (χ1v) is 10.4. The molecule has 0 N–H and O–H groups in total. The number of nitrogens with zero attached hydrogens (tertiary/aromatic N) is 2. The van der Waals surface area contributed by atoms with E-state index in [0.717, 1.165) is 16.3 Å². The Bertz CT molecular complexity index is 1480. The quantitative estimate of drug-likeness (QED) is 0.382. The Morgan fingerprint density at radius 3 is 2.47 bits per heavy atom. The first-order chi connectivity index (χ1) is 15.7. The highest BCUT2D eigenvalue weighted by Crippen LogP contribution is 2.23. The lowest BCUT2D eigenvalue weighted by Crippen LogP contribution is -2.24. The van der Waals surface area contributed by atoms with Gasteiger partial charge in [0.05, 0.1) is 17.6 Å². The van der Waals surface area contributed by atoms with Crippen molar-refractivity contribution >= 4 is 27.6 Å². The van der Waals surface area contributed by atoms with E-state index in [2.05, 4.69) is 4.98 Å². The number of hydrogen-bond acceptors (Lipinski definition) is 4. The van der Waals surface area contributed by atoms with Crippen molar-refractivity contribution in [2.45, 2.75) is 13.0 Å². The molecule has 3 aromatic carbocycles. The number of para-hydroxylation sites is 1. The van der Waals surface area contributed by atoms with Crippen molar-refractivity contribution in [2.24, 2.45) is 0 Å². The van der Waals surface area contributed by atoms with Crippen LogP contribution in [0.1, 0.15) is 11.3 Å². The fourth-order valence-corrected chi connectivity index (χ4v) is 3.91. The van der Waals surface area contributed by atoms with Gasteiger partial charge in [-0.25, -0.2) is 0 Å². The molecule has 5 rings (SSSR count). The number of benzene rings is 3. The molecule has 5 heteroatoms. The van der Waals surface area contributed by atoms with Gasteiger partial charge in [0.15, 0.2) is 0 Å². The molecule has 0 spiro atoms. The first-order valence-electron chi connectivity index (χ1n) is 10.4. The number of esters is 1. The number of carbonyl (C=O) groups is 1. The van der Waals surface area contributed by atoms with Gasteiger partial charge in [-0.3, -0.25) is 19.1 Å². The molecular formula is C27H20N2O3. The first kappa shape index (κ1) is 19.7. The highest BCUT2D eigenvalue weighted by Gasteiger charge is 2.17. The van der Waals surface area contributed by atoms with Crippen LogP contribution in [0.3, 0.4) is 0 Å². The molecule has 0 unspecified atom stereocenters. The summed E-state index contributed by atoms with van der Waals surface area (Å²) in [5.74, 6) is -0.398. The number of ether oxygens (including phenoxy) is 1. The third-order valence-corrected chi connectivity index (χ3v) is 5.42. The molecule has 2 heterocycles. The Morgan fingerprint density at radius 2 is 1.59 bits per heavy atom. The Balaban J connectivity index is 1.60. The molecule has 2 aromatic heterocycles. The smallest absolute Gasteiger partial charge is 0.312 e.